The zero-order valence-corrected chi connectivity index (χ0v) is 13.9. The van der Waals surface area contributed by atoms with Crippen LogP contribution in [0.15, 0.2) is 53.8 Å². The maximum Gasteiger partial charge on any atom is 0.122 e. The number of methoxy groups -OCH3 is 1. The molecule has 118 valence electrons. The van der Waals surface area contributed by atoms with Crippen molar-refractivity contribution in [3.05, 3.63) is 65.0 Å². The van der Waals surface area contributed by atoms with Crippen molar-refractivity contribution in [1.29, 1.82) is 0 Å². The van der Waals surface area contributed by atoms with Crippen LogP contribution >= 0.6 is 0 Å². The van der Waals surface area contributed by atoms with Crippen LogP contribution in [0.2, 0.25) is 0 Å². The first-order chi connectivity index (χ1) is 10.6. The van der Waals surface area contributed by atoms with E-state index in [-0.39, 0.29) is 6.04 Å². The fourth-order valence-electron chi connectivity index (χ4n) is 2.78. The van der Waals surface area contributed by atoms with Crippen molar-refractivity contribution >= 4 is 0 Å². The summed E-state index contributed by atoms with van der Waals surface area (Å²) >= 11 is 0. The smallest absolute Gasteiger partial charge is 0.122 e. The van der Waals surface area contributed by atoms with Gasteiger partial charge in [0.15, 0.2) is 0 Å². The molecule has 0 bridgehead atoms. The maximum atomic E-state index is 5.48. The standard InChI is InChI=1S/C19H25NO2/c1-6-22-14(3)10-11-16-13(2)12-20-19(16)17-8-7-9-18(21-5)15(17)4/h7-11,19-20H,2,6,12H2,1,3-5H3/b14-10+,16-11+/t19-/m0/s1. The van der Waals surface area contributed by atoms with E-state index in [1.54, 1.807) is 7.11 Å². The molecule has 3 nitrogen and oxygen atoms in total. The number of benzene rings is 1. The van der Waals surface area contributed by atoms with E-state index < -0.39 is 0 Å². The highest BCUT2D eigenvalue weighted by atomic mass is 16.5. The van der Waals surface area contributed by atoms with Crippen molar-refractivity contribution in [2.75, 3.05) is 20.3 Å². The van der Waals surface area contributed by atoms with Crippen molar-refractivity contribution in [2.45, 2.75) is 26.8 Å². The summed E-state index contributed by atoms with van der Waals surface area (Å²) in [5.74, 6) is 1.83. The largest absolute Gasteiger partial charge is 0.499 e. The van der Waals surface area contributed by atoms with Gasteiger partial charge in [-0.05, 0) is 55.2 Å². The Bertz CT molecular complexity index is 614. The number of ether oxygens (including phenoxy) is 2. The molecule has 1 N–H and O–H groups in total. The highest BCUT2D eigenvalue weighted by Gasteiger charge is 2.26. The second-order valence-corrected chi connectivity index (χ2v) is 5.42. The molecule has 1 heterocycles. The summed E-state index contributed by atoms with van der Waals surface area (Å²) in [6.45, 7) is 11.7. The van der Waals surface area contributed by atoms with Crippen LogP contribution in [0.1, 0.15) is 31.0 Å². The Hall–Kier alpha value is -2.00. The van der Waals surface area contributed by atoms with E-state index in [1.807, 2.05) is 32.1 Å². The van der Waals surface area contributed by atoms with Crippen LogP contribution < -0.4 is 10.1 Å². The molecule has 22 heavy (non-hydrogen) atoms. The van der Waals surface area contributed by atoms with Gasteiger partial charge in [-0.3, -0.25) is 0 Å². The first-order valence-electron chi connectivity index (χ1n) is 7.64. The Morgan fingerprint density at radius 1 is 1.45 bits per heavy atom. The van der Waals surface area contributed by atoms with E-state index >= 15 is 0 Å². The summed E-state index contributed by atoms with van der Waals surface area (Å²) in [4.78, 5) is 0. The van der Waals surface area contributed by atoms with Crippen LogP contribution in [0.5, 0.6) is 5.75 Å². The number of nitrogens with one attached hydrogen (secondary N) is 1. The normalized spacial score (nSPS) is 20.5. The van der Waals surface area contributed by atoms with Crippen LogP contribution in [0.3, 0.4) is 0 Å². The summed E-state index contributed by atoms with van der Waals surface area (Å²) < 4.78 is 10.9. The van der Waals surface area contributed by atoms with E-state index in [9.17, 15) is 0 Å². The van der Waals surface area contributed by atoms with Gasteiger partial charge in [0.25, 0.3) is 0 Å². The van der Waals surface area contributed by atoms with Crippen LogP contribution in [0, 0.1) is 6.92 Å². The lowest BCUT2D eigenvalue weighted by Crippen LogP contribution is -2.15. The number of allylic oxidation sites excluding steroid dienone is 3. The molecular weight excluding hydrogens is 274 g/mol. The van der Waals surface area contributed by atoms with Crippen LogP contribution in [0.25, 0.3) is 0 Å². The van der Waals surface area contributed by atoms with Gasteiger partial charge in [-0.1, -0.05) is 24.8 Å². The molecule has 0 amide bonds. The summed E-state index contributed by atoms with van der Waals surface area (Å²) in [6.07, 6.45) is 4.12. The molecule has 0 radical (unpaired) electrons. The molecule has 2 rings (SSSR count). The van der Waals surface area contributed by atoms with Crippen LogP contribution in [-0.2, 0) is 4.74 Å². The second-order valence-electron chi connectivity index (χ2n) is 5.42. The molecule has 3 heteroatoms. The van der Waals surface area contributed by atoms with Crippen molar-refractivity contribution < 1.29 is 9.47 Å². The van der Waals surface area contributed by atoms with E-state index in [0.717, 1.165) is 29.2 Å². The van der Waals surface area contributed by atoms with Gasteiger partial charge in [0, 0.05) is 6.54 Å². The van der Waals surface area contributed by atoms with Gasteiger partial charge < -0.3 is 14.8 Å². The van der Waals surface area contributed by atoms with E-state index in [4.69, 9.17) is 9.47 Å². The Morgan fingerprint density at radius 2 is 2.23 bits per heavy atom. The average molecular weight is 299 g/mol. The lowest BCUT2D eigenvalue weighted by atomic mass is 9.94. The van der Waals surface area contributed by atoms with E-state index in [2.05, 4.69) is 31.0 Å². The fourth-order valence-corrected chi connectivity index (χ4v) is 2.78. The van der Waals surface area contributed by atoms with E-state index in [1.165, 1.54) is 11.1 Å². The van der Waals surface area contributed by atoms with Gasteiger partial charge in [0.05, 0.1) is 25.5 Å². The molecule has 1 fully saturated rings. The van der Waals surface area contributed by atoms with Gasteiger partial charge in [-0.2, -0.15) is 0 Å². The van der Waals surface area contributed by atoms with Gasteiger partial charge >= 0.3 is 0 Å². The van der Waals surface area contributed by atoms with Crippen molar-refractivity contribution in [3.8, 4) is 5.75 Å². The fraction of sp³-hybridized carbons (Fsp3) is 0.368. The molecule has 0 aromatic heterocycles. The first kappa shape index (κ1) is 16.4. The lowest BCUT2D eigenvalue weighted by molar-refractivity contribution is 0.231. The molecule has 0 spiro atoms. The quantitative estimate of drug-likeness (QED) is 0.831. The first-order valence-corrected chi connectivity index (χ1v) is 7.64. The van der Waals surface area contributed by atoms with Crippen LogP contribution in [0.4, 0.5) is 0 Å². The Kier molecular flexibility index (Phi) is 5.45. The number of rotatable bonds is 5. The Labute approximate surface area is 133 Å². The molecular formula is C19H25NO2. The molecule has 1 atom stereocenters. The lowest BCUT2D eigenvalue weighted by Gasteiger charge is -2.17. The molecule has 1 aromatic carbocycles. The van der Waals surface area contributed by atoms with Crippen molar-refractivity contribution in [3.63, 3.8) is 0 Å². The molecule has 1 aliphatic heterocycles. The average Bonchev–Trinajstić information content (AvgIpc) is 2.86. The monoisotopic (exact) mass is 299 g/mol. The molecule has 0 saturated carbocycles. The minimum atomic E-state index is 0.147. The molecule has 1 saturated heterocycles. The molecule has 0 aliphatic carbocycles. The van der Waals surface area contributed by atoms with Gasteiger partial charge in [0.2, 0.25) is 0 Å². The highest BCUT2D eigenvalue weighted by molar-refractivity contribution is 5.51. The highest BCUT2D eigenvalue weighted by Crippen LogP contribution is 2.36. The minimum absolute atomic E-state index is 0.147. The van der Waals surface area contributed by atoms with Gasteiger partial charge in [0.1, 0.15) is 5.75 Å². The predicted molar refractivity (Wildman–Crippen MR) is 91.1 cm³/mol. The third-order valence-electron chi connectivity index (χ3n) is 3.97. The van der Waals surface area contributed by atoms with E-state index in [0.29, 0.717) is 6.61 Å². The predicted octanol–water partition coefficient (Wildman–Crippen LogP) is 4.07. The van der Waals surface area contributed by atoms with Crippen molar-refractivity contribution in [1.82, 2.24) is 5.32 Å². The van der Waals surface area contributed by atoms with Gasteiger partial charge in [-0.25, -0.2) is 0 Å². The third-order valence-corrected chi connectivity index (χ3v) is 3.97. The SMILES string of the molecule is C=C1CN[C@H](c2cccc(OC)c2C)/C1=C/C=C(\C)OCC. The third kappa shape index (κ3) is 3.42. The summed E-state index contributed by atoms with van der Waals surface area (Å²) in [6, 6.07) is 6.31. The van der Waals surface area contributed by atoms with Gasteiger partial charge in [-0.15, -0.1) is 0 Å². The Balaban J connectivity index is 2.36. The topological polar surface area (TPSA) is 30.5 Å². The number of hydrogen-bond acceptors (Lipinski definition) is 3. The van der Waals surface area contributed by atoms with Crippen LogP contribution in [-0.4, -0.2) is 20.3 Å². The summed E-state index contributed by atoms with van der Waals surface area (Å²) in [7, 11) is 1.71. The number of hydrogen-bond donors (Lipinski definition) is 1. The molecule has 1 aliphatic rings. The molecule has 1 aromatic rings. The van der Waals surface area contributed by atoms with Crippen molar-refractivity contribution in [2.24, 2.45) is 0 Å². The summed E-state index contributed by atoms with van der Waals surface area (Å²) in [5, 5.41) is 3.53. The molecule has 0 unspecified atom stereocenters. The Morgan fingerprint density at radius 3 is 2.91 bits per heavy atom. The maximum absolute atomic E-state index is 5.48. The zero-order chi connectivity index (χ0) is 16.1. The summed E-state index contributed by atoms with van der Waals surface area (Å²) in [5.41, 5.74) is 4.71. The minimum Gasteiger partial charge on any atom is -0.499 e. The second kappa shape index (κ2) is 7.32. The zero-order valence-electron chi connectivity index (χ0n) is 13.9.